The zero-order valence-corrected chi connectivity index (χ0v) is 13.4. The first-order valence-electron chi connectivity index (χ1n) is 7.32. The van der Waals surface area contributed by atoms with Gasteiger partial charge >= 0.3 is 6.03 Å². The molecule has 2 atom stereocenters. The predicted octanol–water partition coefficient (Wildman–Crippen LogP) is 2.42. The number of aromatic nitrogens is 2. The highest BCUT2D eigenvalue weighted by atomic mass is 16.5. The van der Waals surface area contributed by atoms with Gasteiger partial charge in [0.2, 0.25) is 0 Å². The van der Waals surface area contributed by atoms with Crippen molar-refractivity contribution in [2.75, 3.05) is 18.5 Å². The highest BCUT2D eigenvalue weighted by Gasteiger charge is 2.29. The normalized spacial score (nSPS) is 23.0. The number of amides is 2. The van der Waals surface area contributed by atoms with Gasteiger partial charge in [-0.3, -0.25) is 5.32 Å². The summed E-state index contributed by atoms with van der Waals surface area (Å²) in [5.41, 5.74) is 0.845. The van der Waals surface area contributed by atoms with Crippen LogP contribution < -0.4 is 5.32 Å². The Kier molecular flexibility index (Phi) is 4.46. The lowest BCUT2D eigenvalue weighted by Gasteiger charge is -2.37. The van der Waals surface area contributed by atoms with Crippen LogP contribution in [0, 0.1) is 0 Å². The molecule has 1 aromatic rings. The first kappa shape index (κ1) is 15.7. The Bertz CT molecular complexity index is 495. The third kappa shape index (κ3) is 3.69. The molecular formula is C15H24N4O2. The quantitative estimate of drug-likeness (QED) is 0.863. The van der Waals surface area contributed by atoms with Crippen LogP contribution in [0.15, 0.2) is 12.1 Å². The van der Waals surface area contributed by atoms with E-state index in [1.54, 1.807) is 11.0 Å². The SMILES string of the molecule is CC1OCCN(C(=O)Nc2ccc(C(C)(C)C)nn2)C1C. The first-order valence-corrected chi connectivity index (χ1v) is 7.32. The fourth-order valence-electron chi connectivity index (χ4n) is 2.20. The summed E-state index contributed by atoms with van der Waals surface area (Å²) in [7, 11) is 0. The van der Waals surface area contributed by atoms with E-state index in [0.717, 1.165) is 5.69 Å². The number of carbonyl (C=O) groups excluding carboxylic acids is 1. The number of rotatable bonds is 1. The van der Waals surface area contributed by atoms with Gasteiger partial charge in [0.1, 0.15) is 0 Å². The minimum Gasteiger partial charge on any atom is -0.375 e. The number of hydrogen-bond acceptors (Lipinski definition) is 4. The zero-order valence-electron chi connectivity index (χ0n) is 13.4. The molecule has 6 nitrogen and oxygen atoms in total. The summed E-state index contributed by atoms with van der Waals surface area (Å²) in [5.74, 6) is 0.472. The fraction of sp³-hybridized carbons (Fsp3) is 0.667. The molecule has 1 aliphatic heterocycles. The van der Waals surface area contributed by atoms with Crippen LogP contribution in [0.5, 0.6) is 0 Å². The highest BCUT2D eigenvalue weighted by molar-refractivity contribution is 5.88. The summed E-state index contributed by atoms with van der Waals surface area (Å²) in [4.78, 5) is 14.1. The van der Waals surface area contributed by atoms with Crippen molar-refractivity contribution in [3.8, 4) is 0 Å². The van der Waals surface area contributed by atoms with E-state index in [0.29, 0.717) is 19.0 Å². The molecule has 1 aromatic heterocycles. The van der Waals surface area contributed by atoms with Gasteiger partial charge in [-0.25, -0.2) is 4.79 Å². The molecule has 2 heterocycles. The van der Waals surface area contributed by atoms with Gasteiger partial charge in [0.15, 0.2) is 5.82 Å². The maximum atomic E-state index is 12.3. The van der Waals surface area contributed by atoms with Gasteiger partial charge in [0, 0.05) is 12.0 Å². The van der Waals surface area contributed by atoms with E-state index in [2.05, 4.69) is 36.3 Å². The average Bonchev–Trinajstić information content (AvgIpc) is 2.41. The van der Waals surface area contributed by atoms with Crippen molar-refractivity contribution < 1.29 is 9.53 Å². The van der Waals surface area contributed by atoms with Crippen LogP contribution in [-0.4, -0.2) is 46.4 Å². The monoisotopic (exact) mass is 292 g/mol. The summed E-state index contributed by atoms with van der Waals surface area (Å²) >= 11 is 0. The van der Waals surface area contributed by atoms with E-state index in [-0.39, 0.29) is 23.6 Å². The third-order valence-electron chi connectivity index (χ3n) is 3.81. The number of hydrogen-bond donors (Lipinski definition) is 1. The standard InChI is InChI=1S/C15H24N4O2/c1-10-11(2)21-9-8-19(10)14(20)16-13-7-6-12(17-18-13)15(3,4)5/h6-7,10-11H,8-9H2,1-5H3,(H,16,18,20). The summed E-state index contributed by atoms with van der Waals surface area (Å²) in [5, 5.41) is 11.1. The average molecular weight is 292 g/mol. The van der Waals surface area contributed by atoms with Crippen molar-refractivity contribution in [2.24, 2.45) is 0 Å². The maximum absolute atomic E-state index is 12.3. The lowest BCUT2D eigenvalue weighted by Crippen LogP contribution is -2.52. The number of nitrogens with zero attached hydrogens (tertiary/aromatic N) is 3. The molecule has 2 amide bonds. The summed E-state index contributed by atoms with van der Waals surface area (Å²) in [6, 6.07) is 3.57. The molecular weight excluding hydrogens is 268 g/mol. The Hall–Kier alpha value is -1.69. The summed E-state index contributed by atoms with van der Waals surface area (Å²) in [6.07, 6.45) is 0.0406. The van der Waals surface area contributed by atoms with Crippen LogP contribution in [-0.2, 0) is 10.2 Å². The number of carbonyl (C=O) groups is 1. The minimum atomic E-state index is -0.157. The third-order valence-corrected chi connectivity index (χ3v) is 3.81. The molecule has 1 aliphatic rings. The predicted molar refractivity (Wildman–Crippen MR) is 81.3 cm³/mol. The van der Waals surface area contributed by atoms with Crippen LogP contribution in [0.2, 0.25) is 0 Å². The van der Waals surface area contributed by atoms with Crippen LogP contribution in [0.4, 0.5) is 10.6 Å². The van der Waals surface area contributed by atoms with Crippen molar-refractivity contribution in [2.45, 2.75) is 52.2 Å². The molecule has 0 bridgehead atoms. The van der Waals surface area contributed by atoms with Gasteiger partial charge in [-0.1, -0.05) is 20.8 Å². The van der Waals surface area contributed by atoms with E-state index in [4.69, 9.17) is 4.74 Å². The van der Waals surface area contributed by atoms with Gasteiger partial charge in [0.25, 0.3) is 0 Å². The number of anilines is 1. The van der Waals surface area contributed by atoms with Gasteiger partial charge in [-0.05, 0) is 26.0 Å². The fourth-order valence-corrected chi connectivity index (χ4v) is 2.20. The van der Waals surface area contributed by atoms with E-state index < -0.39 is 0 Å². The Labute approximate surface area is 125 Å². The molecule has 2 rings (SSSR count). The van der Waals surface area contributed by atoms with Gasteiger partial charge in [0.05, 0.1) is 24.4 Å². The molecule has 116 valence electrons. The van der Waals surface area contributed by atoms with E-state index in [9.17, 15) is 4.79 Å². The molecule has 1 saturated heterocycles. The Morgan fingerprint density at radius 3 is 2.62 bits per heavy atom. The second kappa shape index (κ2) is 5.97. The van der Waals surface area contributed by atoms with Crippen molar-refractivity contribution in [1.29, 1.82) is 0 Å². The zero-order chi connectivity index (χ0) is 15.6. The van der Waals surface area contributed by atoms with E-state index >= 15 is 0 Å². The number of urea groups is 1. The first-order chi connectivity index (χ1) is 9.79. The van der Waals surface area contributed by atoms with Crippen LogP contribution >= 0.6 is 0 Å². The maximum Gasteiger partial charge on any atom is 0.323 e. The van der Waals surface area contributed by atoms with Crippen molar-refractivity contribution >= 4 is 11.8 Å². The molecule has 1 fully saturated rings. The molecule has 0 spiro atoms. The molecule has 0 radical (unpaired) electrons. The summed E-state index contributed by atoms with van der Waals surface area (Å²) in [6.45, 7) is 11.3. The topological polar surface area (TPSA) is 67.3 Å². The van der Waals surface area contributed by atoms with Gasteiger partial charge in [-0.15, -0.1) is 5.10 Å². The molecule has 6 heteroatoms. The Morgan fingerprint density at radius 2 is 2.05 bits per heavy atom. The van der Waals surface area contributed by atoms with Gasteiger partial charge < -0.3 is 9.64 Å². The molecule has 0 aliphatic carbocycles. The minimum absolute atomic E-state index is 0.0406. The second-order valence-corrected chi connectivity index (χ2v) is 6.49. The van der Waals surface area contributed by atoms with Gasteiger partial charge in [-0.2, -0.15) is 5.10 Å². The Morgan fingerprint density at radius 1 is 1.33 bits per heavy atom. The molecule has 21 heavy (non-hydrogen) atoms. The van der Waals surface area contributed by atoms with E-state index in [1.165, 1.54) is 0 Å². The second-order valence-electron chi connectivity index (χ2n) is 6.49. The largest absolute Gasteiger partial charge is 0.375 e. The molecule has 1 N–H and O–H groups in total. The molecule has 0 aromatic carbocycles. The highest BCUT2D eigenvalue weighted by Crippen LogP contribution is 2.20. The van der Waals surface area contributed by atoms with E-state index in [1.807, 2.05) is 19.9 Å². The smallest absolute Gasteiger partial charge is 0.323 e. The lowest BCUT2D eigenvalue weighted by atomic mass is 9.92. The van der Waals surface area contributed by atoms with Crippen molar-refractivity contribution in [1.82, 2.24) is 15.1 Å². The van der Waals surface area contributed by atoms with Crippen LogP contribution in [0.25, 0.3) is 0 Å². The Balaban J connectivity index is 2.02. The molecule has 2 unspecified atom stereocenters. The van der Waals surface area contributed by atoms with Crippen LogP contribution in [0.1, 0.15) is 40.3 Å². The summed E-state index contributed by atoms with van der Waals surface area (Å²) < 4.78 is 5.52. The van der Waals surface area contributed by atoms with Crippen LogP contribution in [0.3, 0.4) is 0 Å². The number of ether oxygens (including phenoxy) is 1. The number of nitrogens with one attached hydrogen (secondary N) is 1. The van der Waals surface area contributed by atoms with Crippen molar-refractivity contribution in [3.63, 3.8) is 0 Å². The number of morpholine rings is 1. The molecule has 0 saturated carbocycles. The van der Waals surface area contributed by atoms with Crippen molar-refractivity contribution in [3.05, 3.63) is 17.8 Å². The lowest BCUT2D eigenvalue weighted by molar-refractivity contribution is -0.0355.